The fourth-order valence-corrected chi connectivity index (χ4v) is 2.88. The molecule has 8 heteroatoms. The molecular weight excluding hydrogens is 389 g/mol. The number of para-hydroxylation sites is 3. The topological polar surface area (TPSA) is 70.7 Å². The van der Waals surface area contributed by atoms with Gasteiger partial charge in [-0.1, -0.05) is 41.4 Å². The number of likely N-dealkylation sites (N-methyl/N-ethyl adjacent to an activating group) is 1. The normalized spacial score (nSPS) is 10.6. The number of carbonyl (C=O) groups excluding carboxylic acids is 2. The first-order chi connectivity index (χ1) is 12.9. The van der Waals surface area contributed by atoms with Crippen LogP contribution < -0.4 is 15.4 Å². The van der Waals surface area contributed by atoms with E-state index in [4.69, 9.17) is 27.9 Å². The van der Waals surface area contributed by atoms with Crippen molar-refractivity contribution < 1.29 is 14.3 Å². The van der Waals surface area contributed by atoms with Crippen LogP contribution in [0.3, 0.4) is 0 Å². The van der Waals surface area contributed by atoms with Crippen molar-refractivity contribution in [1.82, 2.24) is 4.90 Å². The maximum absolute atomic E-state index is 12.2. The minimum absolute atomic E-state index is 0.00206. The monoisotopic (exact) mass is 409 g/mol. The van der Waals surface area contributed by atoms with Gasteiger partial charge in [0, 0.05) is 0 Å². The van der Waals surface area contributed by atoms with Crippen molar-refractivity contribution in [3.05, 3.63) is 52.5 Å². The van der Waals surface area contributed by atoms with Crippen LogP contribution in [-0.4, -0.2) is 43.5 Å². The SMILES string of the molecule is CCOc1ccccc1NC(=O)CN(C)CC(=O)Nc1c(Cl)cccc1Cl. The summed E-state index contributed by atoms with van der Waals surface area (Å²) in [5.74, 6) is 0.0188. The van der Waals surface area contributed by atoms with E-state index in [-0.39, 0.29) is 24.9 Å². The molecular formula is C19H21Cl2N3O3. The lowest BCUT2D eigenvalue weighted by molar-refractivity contribution is -0.119. The standard InChI is InChI=1S/C19H21Cl2N3O3/c1-3-27-16-10-5-4-9-15(16)22-17(25)11-24(2)12-18(26)23-19-13(20)7-6-8-14(19)21/h4-10H,3,11-12H2,1-2H3,(H,22,25)(H,23,26). The zero-order valence-electron chi connectivity index (χ0n) is 15.1. The third kappa shape index (κ3) is 6.43. The second kappa shape index (κ2) is 10.2. The average Bonchev–Trinajstić information content (AvgIpc) is 2.60. The quantitative estimate of drug-likeness (QED) is 0.693. The molecule has 0 saturated carbocycles. The second-order valence-corrected chi connectivity index (χ2v) is 6.61. The summed E-state index contributed by atoms with van der Waals surface area (Å²) in [6.07, 6.45) is 0. The third-order valence-corrected chi connectivity index (χ3v) is 4.15. The van der Waals surface area contributed by atoms with E-state index in [1.54, 1.807) is 42.3 Å². The lowest BCUT2D eigenvalue weighted by Crippen LogP contribution is -2.36. The van der Waals surface area contributed by atoms with Gasteiger partial charge in [0.1, 0.15) is 5.75 Å². The maximum Gasteiger partial charge on any atom is 0.238 e. The number of carbonyl (C=O) groups is 2. The summed E-state index contributed by atoms with van der Waals surface area (Å²) in [4.78, 5) is 26.0. The zero-order chi connectivity index (χ0) is 19.8. The van der Waals surface area contributed by atoms with Crippen LogP contribution in [0.2, 0.25) is 10.0 Å². The van der Waals surface area contributed by atoms with Crippen molar-refractivity contribution in [2.24, 2.45) is 0 Å². The van der Waals surface area contributed by atoms with Gasteiger partial charge in [-0.3, -0.25) is 14.5 Å². The smallest absolute Gasteiger partial charge is 0.238 e. The highest BCUT2D eigenvalue weighted by atomic mass is 35.5. The average molecular weight is 410 g/mol. The molecule has 0 saturated heterocycles. The molecule has 0 aliphatic carbocycles. The Morgan fingerprint density at radius 2 is 1.56 bits per heavy atom. The molecule has 0 heterocycles. The van der Waals surface area contributed by atoms with E-state index in [0.29, 0.717) is 33.8 Å². The fraction of sp³-hybridized carbons (Fsp3) is 0.263. The third-order valence-electron chi connectivity index (χ3n) is 3.52. The number of amides is 2. The van der Waals surface area contributed by atoms with Gasteiger partial charge in [0.2, 0.25) is 11.8 Å². The maximum atomic E-state index is 12.2. The highest BCUT2D eigenvalue weighted by Gasteiger charge is 2.14. The number of halogens is 2. The molecule has 0 aliphatic rings. The number of benzene rings is 2. The van der Waals surface area contributed by atoms with Crippen LogP contribution in [0.25, 0.3) is 0 Å². The number of anilines is 2. The molecule has 2 N–H and O–H groups in total. The summed E-state index contributed by atoms with van der Waals surface area (Å²) in [6, 6.07) is 12.1. The number of nitrogens with zero attached hydrogens (tertiary/aromatic N) is 1. The van der Waals surface area contributed by atoms with Crippen LogP contribution in [-0.2, 0) is 9.59 Å². The Hall–Kier alpha value is -2.28. The molecule has 0 aliphatic heterocycles. The second-order valence-electron chi connectivity index (χ2n) is 5.79. The lowest BCUT2D eigenvalue weighted by atomic mass is 10.3. The van der Waals surface area contributed by atoms with Crippen LogP contribution >= 0.6 is 23.2 Å². The Kier molecular flexibility index (Phi) is 7.91. The summed E-state index contributed by atoms with van der Waals surface area (Å²) in [5, 5.41) is 6.15. The van der Waals surface area contributed by atoms with Gasteiger partial charge in [-0.25, -0.2) is 0 Å². The minimum Gasteiger partial charge on any atom is -0.492 e. The van der Waals surface area contributed by atoms with Gasteiger partial charge in [0.05, 0.1) is 41.1 Å². The summed E-state index contributed by atoms with van der Waals surface area (Å²) in [6.45, 7) is 2.40. The molecule has 27 heavy (non-hydrogen) atoms. The molecule has 6 nitrogen and oxygen atoms in total. The summed E-state index contributed by atoms with van der Waals surface area (Å²) in [5.41, 5.74) is 0.944. The molecule has 144 valence electrons. The van der Waals surface area contributed by atoms with E-state index in [1.165, 1.54) is 0 Å². The largest absolute Gasteiger partial charge is 0.492 e. The van der Waals surface area contributed by atoms with E-state index < -0.39 is 0 Å². The number of nitrogens with one attached hydrogen (secondary N) is 2. The van der Waals surface area contributed by atoms with Gasteiger partial charge in [0.15, 0.2) is 0 Å². The first-order valence-corrected chi connectivity index (χ1v) is 9.10. The Labute approximate surface area is 168 Å². The van der Waals surface area contributed by atoms with E-state index in [2.05, 4.69) is 10.6 Å². The zero-order valence-corrected chi connectivity index (χ0v) is 16.6. The molecule has 2 rings (SSSR count). The Morgan fingerprint density at radius 1 is 0.963 bits per heavy atom. The van der Waals surface area contributed by atoms with E-state index in [0.717, 1.165) is 0 Å². The van der Waals surface area contributed by atoms with Crippen LogP contribution in [0.1, 0.15) is 6.92 Å². The predicted molar refractivity (Wildman–Crippen MR) is 109 cm³/mol. The Morgan fingerprint density at radius 3 is 2.19 bits per heavy atom. The number of ether oxygens (including phenoxy) is 1. The molecule has 2 amide bonds. The summed E-state index contributed by atoms with van der Waals surface area (Å²) < 4.78 is 5.48. The fourth-order valence-electron chi connectivity index (χ4n) is 2.38. The first-order valence-electron chi connectivity index (χ1n) is 8.34. The van der Waals surface area contributed by atoms with Crippen molar-refractivity contribution in [3.8, 4) is 5.75 Å². The summed E-state index contributed by atoms with van der Waals surface area (Å²) in [7, 11) is 1.67. The van der Waals surface area contributed by atoms with Crippen LogP contribution in [0.15, 0.2) is 42.5 Å². The molecule has 2 aromatic rings. The lowest BCUT2D eigenvalue weighted by Gasteiger charge is -2.17. The highest BCUT2D eigenvalue weighted by Crippen LogP contribution is 2.29. The van der Waals surface area contributed by atoms with E-state index in [9.17, 15) is 9.59 Å². The predicted octanol–water partition coefficient (Wildman–Crippen LogP) is 3.90. The number of hydrogen-bond acceptors (Lipinski definition) is 4. The summed E-state index contributed by atoms with van der Waals surface area (Å²) >= 11 is 12.1. The Bertz CT molecular complexity index is 794. The van der Waals surface area contributed by atoms with Gasteiger partial charge >= 0.3 is 0 Å². The van der Waals surface area contributed by atoms with Gasteiger partial charge in [-0.05, 0) is 38.2 Å². The molecule has 0 unspecified atom stereocenters. The molecule has 0 fully saturated rings. The van der Waals surface area contributed by atoms with Gasteiger partial charge in [0.25, 0.3) is 0 Å². The molecule has 0 atom stereocenters. The van der Waals surface area contributed by atoms with Gasteiger partial charge in [-0.2, -0.15) is 0 Å². The van der Waals surface area contributed by atoms with Crippen LogP contribution in [0.5, 0.6) is 5.75 Å². The van der Waals surface area contributed by atoms with E-state index >= 15 is 0 Å². The molecule has 0 radical (unpaired) electrons. The van der Waals surface area contributed by atoms with E-state index in [1.807, 2.05) is 19.1 Å². The number of rotatable bonds is 8. The molecule has 2 aromatic carbocycles. The van der Waals surface area contributed by atoms with Crippen molar-refractivity contribution in [2.45, 2.75) is 6.92 Å². The minimum atomic E-state index is -0.324. The van der Waals surface area contributed by atoms with Crippen molar-refractivity contribution in [1.29, 1.82) is 0 Å². The van der Waals surface area contributed by atoms with Crippen LogP contribution in [0.4, 0.5) is 11.4 Å². The van der Waals surface area contributed by atoms with Gasteiger partial charge < -0.3 is 15.4 Å². The Balaban J connectivity index is 1.89. The van der Waals surface area contributed by atoms with Gasteiger partial charge in [-0.15, -0.1) is 0 Å². The number of hydrogen-bond donors (Lipinski definition) is 2. The van der Waals surface area contributed by atoms with Crippen LogP contribution in [0, 0.1) is 0 Å². The molecule has 0 bridgehead atoms. The highest BCUT2D eigenvalue weighted by molar-refractivity contribution is 6.39. The van der Waals surface area contributed by atoms with Crippen molar-refractivity contribution in [2.75, 3.05) is 37.4 Å². The first kappa shape index (κ1) is 21.0. The molecule has 0 spiro atoms. The van der Waals surface area contributed by atoms with Crippen molar-refractivity contribution >= 4 is 46.4 Å². The van der Waals surface area contributed by atoms with Crippen molar-refractivity contribution in [3.63, 3.8) is 0 Å². The molecule has 0 aromatic heterocycles.